The molecule has 0 saturated carbocycles. The summed E-state index contributed by atoms with van der Waals surface area (Å²) in [4.78, 5) is 24.2. The Kier molecular flexibility index (Phi) is 6.67. The molecule has 0 saturated heterocycles. The Morgan fingerprint density at radius 2 is 1.39 bits per heavy atom. The first-order valence-corrected chi connectivity index (χ1v) is 10.2. The summed E-state index contributed by atoms with van der Waals surface area (Å²) < 4.78 is 48.3. The molecule has 3 aromatic carbocycles. The maximum atomic E-state index is 13.4. The fraction of sp³-hybridized carbons (Fsp3) is 0.182. The fourth-order valence-corrected chi connectivity index (χ4v) is 4.32. The zero-order valence-electron chi connectivity index (χ0n) is 17.2. The third-order valence-electron chi connectivity index (χ3n) is 4.24. The lowest BCUT2D eigenvalue weighted by Crippen LogP contribution is -2.10. The van der Waals surface area contributed by atoms with Crippen LogP contribution < -0.4 is 18.9 Å². The van der Waals surface area contributed by atoms with Crippen LogP contribution in [-0.2, 0) is 20.8 Å². The van der Waals surface area contributed by atoms with Gasteiger partial charge in [0.2, 0.25) is 11.5 Å². The van der Waals surface area contributed by atoms with Crippen molar-refractivity contribution in [3.63, 3.8) is 0 Å². The molecule has 0 bridgehead atoms. The Bertz CT molecular complexity index is 1150. The van der Waals surface area contributed by atoms with Gasteiger partial charge in [0.1, 0.15) is 5.82 Å². The highest BCUT2D eigenvalue weighted by Gasteiger charge is 2.31. The molecule has 3 rings (SSSR count). The van der Waals surface area contributed by atoms with Crippen molar-refractivity contribution in [3.8, 4) is 23.0 Å². The summed E-state index contributed by atoms with van der Waals surface area (Å²) in [6.45, 7) is 2.43. The molecule has 1 atom stereocenters. The van der Waals surface area contributed by atoms with Crippen molar-refractivity contribution in [3.05, 3.63) is 48.3 Å². The van der Waals surface area contributed by atoms with Gasteiger partial charge in [-0.3, -0.25) is 9.59 Å². The van der Waals surface area contributed by atoms with Gasteiger partial charge < -0.3 is 23.5 Å². The van der Waals surface area contributed by atoms with Gasteiger partial charge in [-0.05, 0) is 36.4 Å². The molecule has 0 N–H and O–H groups in total. The first-order valence-electron chi connectivity index (χ1n) is 9.03. The molecule has 0 aromatic heterocycles. The highest BCUT2D eigenvalue weighted by atomic mass is 32.2. The molecule has 3 aromatic rings. The summed E-state index contributed by atoms with van der Waals surface area (Å²) in [5, 5.41) is 0.548. The number of rotatable bonds is 6. The summed E-state index contributed by atoms with van der Waals surface area (Å²) in [7, 11) is 2.67. The van der Waals surface area contributed by atoms with Crippen LogP contribution in [-0.4, -0.2) is 30.7 Å². The second kappa shape index (κ2) is 9.23. The van der Waals surface area contributed by atoms with Crippen LogP contribution in [0.1, 0.15) is 13.8 Å². The average molecular weight is 446 g/mol. The summed E-state index contributed by atoms with van der Waals surface area (Å²) in [5.41, 5.74) is 0. The van der Waals surface area contributed by atoms with Crippen LogP contribution in [0.2, 0.25) is 0 Å². The smallest absolute Gasteiger partial charge is 0.308 e. The number of ether oxygens (including phenoxy) is 4. The number of esters is 2. The van der Waals surface area contributed by atoms with Crippen LogP contribution in [0, 0.1) is 5.82 Å². The van der Waals surface area contributed by atoms with Crippen molar-refractivity contribution in [2.24, 2.45) is 0 Å². The molecular weight excluding hydrogens is 427 g/mol. The standard InChI is InChI=1S/C22H19FO7S/c1-12(24)29-19-16-6-5-7-17(31(26)15-10-8-14(23)9-11-15)18(16)20(30-13(2)25)22(28-4)21(19)27-3/h5-11H,1-4H3. The summed E-state index contributed by atoms with van der Waals surface area (Å²) >= 11 is -1.79. The SMILES string of the molecule is COc1c(OC)c(OC(C)=O)c2c([S+]([O-])c3ccc(F)cc3)cccc2c1OC(C)=O. The Labute approximate surface area is 180 Å². The van der Waals surface area contributed by atoms with Crippen LogP contribution in [0.3, 0.4) is 0 Å². The van der Waals surface area contributed by atoms with Crippen LogP contribution in [0.5, 0.6) is 23.0 Å². The number of benzene rings is 3. The van der Waals surface area contributed by atoms with Gasteiger partial charge in [0.15, 0.2) is 21.3 Å². The highest BCUT2D eigenvalue weighted by molar-refractivity contribution is 7.91. The number of halogens is 1. The van der Waals surface area contributed by atoms with E-state index in [2.05, 4.69) is 0 Å². The molecule has 0 heterocycles. The lowest BCUT2D eigenvalue weighted by molar-refractivity contribution is -0.133. The van der Waals surface area contributed by atoms with E-state index < -0.39 is 28.9 Å². The lowest BCUT2D eigenvalue weighted by atomic mass is 10.1. The van der Waals surface area contributed by atoms with Crippen LogP contribution in [0.25, 0.3) is 10.8 Å². The molecule has 0 aliphatic heterocycles. The van der Waals surface area contributed by atoms with Crippen LogP contribution in [0.15, 0.2) is 52.3 Å². The molecule has 0 amide bonds. The van der Waals surface area contributed by atoms with E-state index in [1.165, 1.54) is 52.3 Å². The second-order valence-corrected chi connectivity index (χ2v) is 7.76. The molecule has 0 aliphatic rings. The van der Waals surface area contributed by atoms with Crippen molar-refractivity contribution >= 4 is 33.9 Å². The molecule has 7 nitrogen and oxygen atoms in total. The topological polar surface area (TPSA) is 94.1 Å². The predicted octanol–water partition coefficient (Wildman–Crippen LogP) is 4.01. The molecule has 9 heteroatoms. The number of hydrogen-bond acceptors (Lipinski definition) is 7. The minimum absolute atomic E-state index is 0.00925. The van der Waals surface area contributed by atoms with Gasteiger partial charge in [0, 0.05) is 30.4 Å². The number of fused-ring (bicyclic) bond motifs is 1. The predicted molar refractivity (Wildman–Crippen MR) is 111 cm³/mol. The third-order valence-corrected chi connectivity index (χ3v) is 5.68. The summed E-state index contributed by atoms with van der Waals surface area (Å²) in [6, 6.07) is 9.95. The zero-order valence-corrected chi connectivity index (χ0v) is 18.0. The Balaban J connectivity index is 2.42. The van der Waals surface area contributed by atoms with E-state index in [9.17, 15) is 18.5 Å². The molecular formula is C22H19FO7S. The summed E-state index contributed by atoms with van der Waals surface area (Å²) in [5.74, 6) is -1.73. The molecule has 162 valence electrons. The molecule has 0 aliphatic carbocycles. The molecule has 0 spiro atoms. The minimum atomic E-state index is -1.79. The monoisotopic (exact) mass is 446 g/mol. The van der Waals surface area contributed by atoms with Crippen molar-refractivity contribution in [2.75, 3.05) is 14.2 Å². The van der Waals surface area contributed by atoms with Gasteiger partial charge in [0.05, 0.1) is 19.6 Å². The highest BCUT2D eigenvalue weighted by Crippen LogP contribution is 2.53. The van der Waals surface area contributed by atoms with Gasteiger partial charge in [-0.15, -0.1) is 0 Å². The molecule has 0 fully saturated rings. The number of hydrogen-bond donors (Lipinski definition) is 0. The van der Waals surface area contributed by atoms with Gasteiger partial charge in [-0.1, -0.05) is 6.07 Å². The third kappa shape index (κ3) is 4.42. The van der Waals surface area contributed by atoms with E-state index in [1.807, 2.05) is 0 Å². The van der Waals surface area contributed by atoms with Crippen molar-refractivity contribution in [2.45, 2.75) is 23.6 Å². The normalized spacial score (nSPS) is 11.7. The van der Waals surface area contributed by atoms with Gasteiger partial charge in [0.25, 0.3) is 0 Å². The van der Waals surface area contributed by atoms with Crippen LogP contribution >= 0.6 is 0 Å². The summed E-state index contributed by atoms with van der Waals surface area (Å²) in [6.07, 6.45) is 0. The average Bonchev–Trinajstić information content (AvgIpc) is 2.73. The maximum absolute atomic E-state index is 13.4. The molecule has 0 radical (unpaired) electrons. The van der Waals surface area contributed by atoms with Crippen molar-refractivity contribution in [1.82, 2.24) is 0 Å². The number of carbonyl (C=O) groups excluding carboxylic acids is 2. The van der Waals surface area contributed by atoms with E-state index >= 15 is 0 Å². The van der Waals surface area contributed by atoms with Crippen molar-refractivity contribution < 1.29 is 37.5 Å². The largest absolute Gasteiger partial charge is 0.606 e. The Hall–Kier alpha value is -3.30. The number of methoxy groups -OCH3 is 2. The number of carbonyl (C=O) groups is 2. The Morgan fingerprint density at radius 1 is 0.839 bits per heavy atom. The second-order valence-electron chi connectivity index (χ2n) is 6.31. The quantitative estimate of drug-likeness (QED) is 0.321. The Morgan fingerprint density at radius 3 is 1.94 bits per heavy atom. The maximum Gasteiger partial charge on any atom is 0.308 e. The first kappa shape index (κ1) is 22.4. The minimum Gasteiger partial charge on any atom is -0.606 e. The first-order chi connectivity index (χ1) is 14.8. The van der Waals surface area contributed by atoms with E-state index in [0.29, 0.717) is 10.3 Å². The van der Waals surface area contributed by atoms with Gasteiger partial charge in [-0.25, -0.2) is 4.39 Å². The van der Waals surface area contributed by atoms with E-state index in [4.69, 9.17) is 18.9 Å². The van der Waals surface area contributed by atoms with E-state index in [1.54, 1.807) is 18.2 Å². The molecule has 31 heavy (non-hydrogen) atoms. The zero-order chi connectivity index (χ0) is 22.7. The van der Waals surface area contributed by atoms with Gasteiger partial charge in [-0.2, -0.15) is 0 Å². The fourth-order valence-electron chi connectivity index (χ4n) is 3.09. The lowest BCUT2D eigenvalue weighted by Gasteiger charge is -2.20. The van der Waals surface area contributed by atoms with E-state index in [0.717, 1.165) is 0 Å². The van der Waals surface area contributed by atoms with Crippen molar-refractivity contribution in [1.29, 1.82) is 0 Å². The van der Waals surface area contributed by atoms with Gasteiger partial charge >= 0.3 is 11.9 Å². The van der Waals surface area contributed by atoms with Crippen LogP contribution in [0.4, 0.5) is 4.39 Å². The van der Waals surface area contributed by atoms with E-state index in [-0.39, 0.29) is 33.3 Å². The molecule has 1 unspecified atom stereocenters.